The van der Waals surface area contributed by atoms with E-state index in [2.05, 4.69) is 0 Å². The van der Waals surface area contributed by atoms with Crippen molar-refractivity contribution in [1.29, 1.82) is 0 Å². The Hall–Kier alpha value is -1.60. The summed E-state index contributed by atoms with van der Waals surface area (Å²) < 4.78 is 26.0. The van der Waals surface area contributed by atoms with E-state index in [4.69, 9.17) is 10.8 Å². The predicted molar refractivity (Wildman–Crippen MR) is 77.1 cm³/mol. The first kappa shape index (κ1) is 16.5. The molecule has 7 heteroatoms. The van der Waals surface area contributed by atoms with Gasteiger partial charge in [0.25, 0.3) is 0 Å². The number of hydrogen-bond donors (Lipinski definition) is 2. The molecule has 0 heterocycles. The van der Waals surface area contributed by atoms with Gasteiger partial charge >= 0.3 is 5.97 Å². The average molecular weight is 300 g/mol. The largest absolute Gasteiger partial charge is 0.478 e. The molecule has 20 heavy (non-hydrogen) atoms. The second kappa shape index (κ2) is 5.41. The van der Waals surface area contributed by atoms with Crippen molar-refractivity contribution in [2.45, 2.75) is 25.7 Å². The Morgan fingerprint density at radius 1 is 1.35 bits per heavy atom. The lowest BCUT2D eigenvalue weighted by Crippen LogP contribution is -2.34. The molecule has 0 saturated heterocycles. The third-order valence-corrected chi connectivity index (χ3v) is 4.52. The quantitative estimate of drug-likeness (QED) is 0.823. The normalized spacial score (nSPS) is 12.7. The third-order valence-electron chi connectivity index (χ3n) is 2.64. The second-order valence-electron chi connectivity index (χ2n) is 5.88. The Morgan fingerprint density at radius 3 is 2.30 bits per heavy atom. The van der Waals surface area contributed by atoms with Crippen LogP contribution in [0.1, 0.15) is 31.1 Å². The van der Waals surface area contributed by atoms with Crippen LogP contribution in [0.2, 0.25) is 0 Å². The molecule has 0 spiro atoms. The van der Waals surface area contributed by atoms with Crippen LogP contribution in [-0.4, -0.2) is 37.4 Å². The van der Waals surface area contributed by atoms with Gasteiger partial charge in [-0.15, -0.1) is 0 Å². The van der Waals surface area contributed by atoms with Crippen LogP contribution in [0, 0.1) is 5.41 Å². The minimum atomic E-state index is -3.73. The zero-order valence-corrected chi connectivity index (χ0v) is 12.9. The van der Waals surface area contributed by atoms with Gasteiger partial charge in [-0.25, -0.2) is 17.5 Å². The standard InChI is InChI=1S/C13H20N2O4S/c1-13(2,3)8-15(4)20(18,19)11-6-5-9(12(16)17)7-10(11)14/h5-7H,8,14H2,1-4H3,(H,16,17). The summed E-state index contributed by atoms with van der Waals surface area (Å²) in [6.07, 6.45) is 0. The topological polar surface area (TPSA) is 101 Å². The van der Waals surface area contributed by atoms with Gasteiger partial charge in [0.1, 0.15) is 4.90 Å². The number of nitrogens with two attached hydrogens (primary N) is 1. The van der Waals surface area contributed by atoms with Gasteiger partial charge in [-0.3, -0.25) is 0 Å². The molecule has 0 aromatic heterocycles. The summed E-state index contributed by atoms with van der Waals surface area (Å²) in [6.45, 7) is 6.11. The SMILES string of the molecule is CN(CC(C)(C)C)S(=O)(=O)c1ccc(C(=O)O)cc1N. The average Bonchev–Trinajstić information content (AvgIpc) is 2.25. The fourth-order valence-electron chi connectivity index (χ4n) is 1.84. The van der Waals surface area contributed by atoms with Crippen LogP contribution in [0.15, 0.2) is 23.1 Å². The maximum absolute atomic E-state index is 12.4. The van der Waals surface area contributed by atoms with Crippen LogP contribution >= 0.6 is 0 Å². The molecule has 0 amide bonds. The van der Waals surface area contributed by atoms with Gasteiger partial charge in [0.15, 0.2) is 0 Å². The molecule has 0 saturated carbocycles. The first-order valence-electron chi connectivity index (χ1n) is 6.04. The Balaban J connectivity index is 3.20. The molecule has 112 valence electrons. The van der Waals surface area contributed by atoms with Crippen LogP contribution in [0.4, 0.5) is 5.69 Å². The smallest absolute Gasteiger partial charge is 0.335 e. The van der Waals surface area contributed by atoms with E-state index in [0.29, 0.717) is 6.54 Å². The van der Waals surface area contributed by atoms with Gasteiger partial charge in [0.2, 0.25) is 10.0 Å². The van der Waals surface area contributed by atoms with Gasteiger partial charge in [0.05, 0.1) is 11.3 Å². The van der Waals surface area contributed by atoms with Crippen LogP contribution < -0.4 is 5.73 Å². The monoisotopic (exact) mass is 300 g/mol. The summed E-state index contributed by atoms with van der Waals surface area (Å²) in [5, 5.41) is 8.85. The zero-order chi connectivity index (χ0) is 15.7. The van der Waals surface area contributed by atoms with E-state index in [9.17, 15) is 13.2 Å². The number of carbonyl (C=O) groups is 1. The summed E-state index contributed by atoms with van der Waals surface area (Å²) >= 11 is 0. The molecule has 6 nitrogen and oxygen atoms in total. The molecular formula is C13H20N2O4S. The maximum Gasteiger partial charge on any atom is 0.335 e. The number of hydrogen-bond acceptors (Lipinski definition) is 4. The number of sulfonamides is 1. The molecule has 0 atom stereocenters. The molecule has 1 aromatic rings. The Kier molecular flexibility index (Phi) is 4.45. The molecule has 0 aliphatic heterocycles. The molecule has 0 fully saturated rings. The molecule has 0 aliphatic rings. The van der Waals surface area contributed by atoms with Crippen molar-refractivity contribution in [3.8, 4) is 0 Å². The molecule has 0 aliphatic carbocycles. The summed E-state index contributed by atoms with van der Waals surface area (Å²) in [5.41, 5.74) is 5.37. The van der Waals surface area contributed by atoms with Crippen LogP contribution in [0.5, 0.6) is 0 Å². The van der Waals surface area contributed by atoms with E-state index in [1.165, 1.54) is 23.5 Å². The van der Waals surface area contributed by atoms with E-state index < -0.39 is 16.0 Å². The lowest BCUT2D eigenvalue weighted by atomic mass is 9.97. The van der Waals surface area contributed by atoms with Crippen molar-refractivity contribution in [2.24, 2.45) is 5.41 Å². The van der Waals surface area contributed by atoms with Crippen molar-refractivity contribution in [3.63, 3.8) is 0 Å². The Morgan fingerprint density at radius 2 is 1.90 bits per heavy atom. The fourth-order valence-corrected chi connectivity index (χ4v) is 3.33. The highest BCUT2D eigenvalue weighted by molar-refractivity contribution is 7.89. The van der Waals surface area contributed by atoms with Crippen molar-refractivity contribution < 1.29 is 18.3 Å². The first-order valence-corrected chi connectivity index (χ1v) is 7.48. The Labute approximate surface area is 119 Å². The highest BCUT2D eigenvalue weighted by atomic mass is 32.2. The van der Waals surface area contributed by atoms with Crippen molar-refractivity contribution in [2.75, 3.05) is 19.3 Å². The number of nitrogen functional groups attached to an aromatic ring is 1. The third kappa shape index (κ3) is 3.71. The zero-order valence-electron chi connectivity index (χ0n) is 12.0. The van der Waals surface area contributed by atoms with Gasteiger partial charge in [-0.2, -0.15) is 0 Å². The molecule has 0 unspecified atom stereocenters. The highest BCUT2D eigenvalue weighted by Crippen LogP contribution is 2.25. The molecule has 0 bridgehead atoms. The van der Waals surface area contributed by atoms with E-state index in [0.717, 1.165) is 6.07 Å². The van der Waals surface area contributed by atoms with E-state index >= 15 is 0 Å². The van der Waals surface area contributed by atoms with Gasteiger partial charge in [-0.1, -0.05) is 20.8 Å². The molecule has 1 aromatic carbocycles. The molecule has 3 N–H and O–H groups in total. The number of carboxylic acid groups (broad SMARTS) is 1. The number of rotatable bonds is 4. The minimum Gasteiger partial charge on any atom is -0.478 e. The van der Waals surface area contributed by atoms with Crippen molar-refractivity contribution in [1.82, 2.24) is 4.31 Å². The highest BCUT2D eigenvalue weighted by Gasteiger charge is 2.27. The number of aromatic carboxylic acids is 1. The van der Waals surface area contributed by atoms with Gasteiger partial charge in [-0.05, 0) is 23.6 Å². The minimum absolute atomic E-state index is 0.0417. The van der Waals surface area contributed by atoms with E-state index in [1.807, 2.05) is 20.8 Å². The Bertz CT molecular complexity index is 618. The lowest BCUT2D eigenvalue weighted by molar-refractivity contribution is 0.0697. The lowest BCUT2D eigenvalue weighted by Gasteiger charge is -2.26. The fraction of sp³-hybridized carbons (Fsp3) is 0.462. The number of nitrogens with zero attached hydrogens (tertiary/aromatic N) is 1. The van der Waals surface area contributed by atoms with Gasteiger partial charge < -0.3 is 10.8 Å². The predicted octanol–water partition coefficient (Wildman–Crippen LogP) is 1.63. The van der Waals surface area contributed by atoms with Gasteiger partial charge in [0, 0.05) is 13.6 Å². The number of carboxylic acids is 1. The van der Waals surface area contributed by atoms with Crippen molar-refractivity contribution >= 4 is 21.7 Å². The summed E-state index contributed by atoms with van der Waals surface area (Å²) in [4.78, 5) is 10.7. The summed E-state index contributed by atoms with van der Waals surface area (Å²) in [6, 6.07) is 3.62. The summed E-state index contributed by atoms with van der Waals surface area (Å²) in [5.74, 6) is -1.15. The van der Waals surface area contributed by atoms with E-state index in [1.54, 1.807) is 0 Å². The second-order valence-corrected chi connectivity index (χ2v) is 7.89. The molecule has 1 rings (SSSR count). The molecular weight excluding hydrogens is 280 g/mol. The number of benzene rings is 1. The first-order chi connectivity index (χ1) is 8.95. The van der Waals surface area contributed by atoms with Crippen LogP contribution in [0.25, 0.3) is 0 Å². The maximum atomic E-state index is 12.4. The van der Waals surface area contributed by atoms with E-state index in [-0.39, 0.29) is 21.6 Å². The van der Waals surface area contributed by atoms with Crippen LogP contribution in [0.3, 0.4) is 0 Å². The summed E-state index contributed by atoms with van der Waals surface area (Å²) in [7, 11) is -2.25. The molecule has 0 radical (unpaired) electrons. The van der Waals surface area contributed by atoms with Crippen LogP contribution in [-0.2, 0) is 10.0 Å². The van der Waals surface area contributed by atoms with Crippen molar-refractivity contribution in [3.05, 3.63) is 23.8 Å². The number of anilines is 1.